The maximum Gasteiger partial charge on any atom is 0.416 e. The zero-order valence-corrected chi connectivity index (χ0v) is 8.95. The predicted molar refractivity (Wildman–Crippen MR) is 59.6 cm³/mol. The molecule has 0 spiro atoms. The van der Waals surface area contributed by atoms with E-state index in [9.17, 15) is 18.0 Å². The quantitative estimate of drug-likeness (QED) is 0.866. The summed E-state index contributed by atoms with van der Waals surface area (Å²) in [6.45, 7) is 0. The van der Waals surface area contributed by atoms with Crippen molar-refractivity contribution in [3.63, 3.8) is 0 Å². The molecular formula is C11H8F3N3O. The molecule has 2 N–H and O–H groups in total. The summed E-state index contributed by atoms with van der Waals surface area (Å²) in [5, 5.41) is 8.47. The van der Waals surface area contributed by atoms with Crippen molar-refractivity contribution < 1.29 is 13.2 Å². The summed E-state index contributed by atoms with van der Waals surface area (Å²) in [7, 11) is 0. The number of alkyl halides is 3. The average Bonchev–Trinajstić information content (AvgIpc) is 2.31. The molecule has 1 heterocycles. The second-order valence-electron chi connectivity index (χ2n) is 3.51. The van der Waals surface area contributed by atoms with Crippen molar-refractivity contribution in [1.82, 2.24) is 10.2 Å². The summed E-state index contributed by atoms with van der Waals surface area (Å²) in [5.41, 5.74) is -0.897. The van der Waals surface area contributed by atoms with Crippen LogP contribution in [0.15, 0.2) is 41.2 Å². The van der Waals surface area contributed by atoms with Crippen LogP contribution < -0.4 is 10.9 Å². The Morgan fingerprint density at radius 1 is 1.17 bits per heavy atom. The molecule has 7 heteroatoms. The minimum Gasteiger partial charge on any atom is -0.339 e. The molecule has 2 rings (SSSR count). The fraction of sp³-hybridized carbons (Fsp3) is 0.0909. The van der Waals surface area contributed by atoms with Gasteiger partial charge in [0, 0.05) is 11.8 Å². The number of hydrogen-bond acceptors (Lipinski definition) is 3. The van der Waals surface area contributed by atoms with Gasteiger partial charge in [0.05, 0.1) is 5.56 Å². The van der Waals surface area contributed by atoms with E-state index in [0.717, 1.165) is 12.1 Å². The van der Waals surface area contributed by atoms with E-state index in [1.807, 2.05) is 0 Å². The Hall–Kier alpha value is -2.31. The van der Waals surface area contributed by atoms with Crippen LogP contribution in [0.4, 0.5) is 24.7 Å². The highest BCUT2D eigenvalue weighted by Crippen LogP contribution is 2.31. The predicted octanol–water partition coefficient (Wildman–Crippen LogP) is 2.53. The molecule has 0 aliphatic carbocycles. The van der Waals surface area contributed by atoms with E-state index in [2.05, 4.69) is 15.5 Å². The average molecular weight is 255 g/mol. The number of aromatic nitrogens is 2. The highest BCUT2D eigenvalue weighted by molar-refractivity contribution is 5.56. The molecule has 0 fully saturated rings. The van der Waals surface area contributed by atoms with Gasteiger partial charge in [0.15, 0.2) is 5.82 Å². The molecule has 94 valence electrons. The monoisotopic (exact) mass is 255 g/mol. The van der Waals surface area contributed by atoms with Crippen LogP contribution in [0.2, 0.25) is 0 Å². The number of halogens is 3. The lowest BCUT2D eigenvalue weighted by Gasteiger charge is -2.09. The van der Waals surface area contributed by atoms with Gasteiger partial charge in [-0.3, -0.25) is 4.79 Å². The zero-order chi connectivity index (χ0) is 13.2. The molecule has 0 unspecified atom stereocenters. The number of nitrogens with zero attached hydrogens (tertiary/aromatic N) is 1. The number of hydrogen-bond donors (Lipinski definition) is 2. The first-order valence-electron chi connectivity index (χ1n) is 4.95. The van der Waals surface area contributed by atoms with E-state index in [-0.39, 0.29) is 17.1 Å². The van der Waals surface area contributed by atoms with E-state index in [0.29, 0.717) is 0 Å². The van der Waals surface area contributed by atoms with Gasteiger partial charge in [-0.05, 0) is 24.3 Å². The molecule has 4 nitrogen and oxygen atoms in total. The van der Waals surface area contributed by atoms with Crippen LogP contribution >= 0.6 is 0 Å². The summed E-state index contributed by atoms with van der Waals surface area (Å²) >= 11 is 0. The van der Waals surface area contributed by atoms with E-state index in [1.165, 1.54) is 24.3 Å². The Kier molecular flexibility index (Phi) is 3.05. The maximum absolute atomic E-state index is 12.5. The summed E-state index contributed by atoms with van der Waals surface area (Å²) in [5.74, 6) is 0.258. The van der Waals surface area contributed by atoms with E-state index >= 15 is 0 Å². The van der Waals surface area contributed by atoms with Crippen molar-refractivity contribution >= 4 is 11.5 Å². The number of H-pyrrole nitrogens is 1. The third-order valence-corrected chi connectivity index (χ3v) is 2.14. The van der Waals surface area contributed by atoms with Crippen LogP contribution in [0.25, 0.3) is 0 Å². The number of anilines is 2. The van der Waals surface area contributed by atoms with Crippen molar-refractivity contribution in [2.24, 2.45) is 0 Å². The molecule has 0 aliphatic heterocycles. The highest BCUT2D eigenvalue weighted by Gasteiger charge is 2.30. The van der Waals surface area contributed by atoms with Gasteiger partial charge < -0.3 is 5.32 Å². The Bertz CT molecular complexity index is 586. The lowest BCUT2D eigenvalue weighted by atomic mass is 10.2. The molecule has 2 aromatic rings. The fourth-order valence-corrected chi connectivity index (χ4v) is 1.34. The topological polar surface area (TPSA) is 57.8 Å². The molecule has 1 aromatic heterocycles. The van der Waals surface area contributed by atoms with Gasteiger partial charge in [0.2, 0.25) is 0 Å². The first kappa shape index (κ1) is 12.2. The summed E-state index contributed by atoms with van der Waals surface area (Å²) in [4.78, 5) is 10.8. The molecule has 0 saturated carbocycles. The third-order valence-electron chi connectivity index (χ3n) is 2.14. The Morgan fingerprint density at radius 2 is 1.94 bits per heavy atom. The molecular weight excluding hydrogens is 247 g/mol. The molecule has 18 heavy (non-hydrogen) atoms. The van der Waals surface area contributed by atoms with Gasteiger partial charge in [0.1, 0.15) is 0 Å². The van der Waals surface area contributed by atoms with Gasteiger partial charge in [-0.1, -0.05) is 6.07 Å². The normalized spacial score (nSPS) is 11.3. The summed E-state index contributed by atoms with van der Waals surface area (Å²) in [6, 6.07) is 7.30. The van der Waals surface area contributed by atoms with Gasteiger partial charge in [-0.2, -0.15) is 18.3 Å². The summed E-state index contributed by atoms with van der Waals surface area (Å²) < 4.78 is 37.4. The lowest BCUT2D eigenvalue weighted by Crippen LogP contribution is -2.08. The molecule has 0 radical (unpaired) electrons. The molecule has 0 amide bonds. The number of aromatic amines is 1. The Morgan fingerprint density at radius 3 is 2.56 bits per heavy atom. The lowest BCUT2D eigenvalue weighted by molar-refractivity contribution is -0.137. The second kappa shape index (κ2) is 4.52. The van der Waals surface area contributed by atoms with Gasteiger partial charge >= 0.3 is 6.18 Å². The first-order valence-corrected chi connectivity index (χ1v) is 4.95. The fourth-order valence-electron chi connectivity index (χ4n) is 1.34. The van der Waals surface area contributed by atoms with Crippen LogP contribution in [0.3, 0.4) is 0 Å². The largest absolute Gasteiger partial charge is 0.416 e. The highest BCUT2D eigenvalue weighted by atomic mass is 19.4. The minimum absolute atomic E-state index is 0.240. The maximum atomic E-state index is 12.5. The SMILES string of the molecule is O=c1ccc(Nc2cccc(C(F)(F)F)c2)n[nH]1. The van der Waals surface area contributed by atoms with E-state index in [1.54, 1.807) is 0 Å². The molecule has 0 saturated heterocycles. The van der Waals surface area contributed by atoms with E-state index < -0.39 is 11.7 Å². The zero-order valence-electron chi connectivity index (χ0n) is 8.95. The van der Waals surface area contributed by atoms with E-state index in [4.69, 9.17) is 0 Å². The van der Waals surface area contributed by atoms with Crippen LogP contribution in [-0.2, 0) is 6.18 Å². The molecule has 0 bridgehead atoms. The van der Waals surface area contributed by atoms with Crippen LogP contribution in [0.5, 0.6) is 0 Å². The second-order valence-corrected chi connectivity index (χ2v) is 3.51. The molecule has 0 atom stereocenters. The Balaban J connectivity index is 2.24. The number of rotatable bonds is 2. The minimum atomic E-state index is -4.39. The molecule has 0 aliphatic rings. The van der Waals surface area contributed by atoms with Crippen molar-refractivity contribution in [3.05, 3.63) is 52.3 Å². The third kappa shape index (κ3) is 2.88. The Labute approximate surface area is 99.5 Å². The number of nitrogens with one attached hydrogen (secondary N) is 2. The van der Waals surface area contributed by atoms with Crippen LogP contribution in [0, 0.1) is 0 Å². The van der Waals surface area contributed by atoms with Gasteiger partial charge in [-0.15, -0.1) is 0 Å². The van der Waals surface area contributed by atoms with Crippen LogP contribution in [-0.4, -0.2) is 10.2 Å². The van der Waals surface area contributed by atoms with Crippen LogP contribution in [0.1, 0.15) is 5.56 Å². The molecule has 1 aromatic carbocycles. The van der Waals surface area contributed by atoms with Crippen molar-refractivity contribution in [2.75, 3.05) is 5.32 Å². The van der Waals surface area contributed by atoms with Gasteiger partial charge in [-0.25, -0.2) is 5.10 Å². The van der Waals surface area contributed by atoms with Crippen molar-refractivity contribution in [3.8, 4) is 0 Å². The standard InChI is InChI=1S/C11H8F3N3O/c12-11(13,14)7-2-1-3-8(6-7)15-9-4-5-10(18)17-16-9/h1-6H,(H,15,16)(H,17,18). The number of benzene rings is 1. The van der Waals surface area contributed by atoms with Crippen molar-refractivity contribution in [1.29, 1.82) is 0 Å². The van der Waals surface area contributed by atoms with Gasteiger partial charge in [0.25, 0.3) is 5.56 Å². The smallest absolute Gasteiger partial charge is 0.339 e. The summed E-state index contributed by atoms with van der Waals surface area (Å²) in [6.07, 6.45) is -4.39. The first-order chi connectivity index (χ1) is 8.45. The van der Waals surface area contributed by atoms with Crippen molar-refractivity contribution in [2.45, 2.75) is 6.18 Å².